The summed E-state index contributed by atoms with van der Waals surface area (Å²) in [4.78, 5) is 13.8. The van der Waals surface area contributed by atoms with Crippen LogP contribution in [0.3, 0.4) is 0 Å². The molecule has 2 aromatic rings. The van der Waals surface area contributed by atoms with E-state index in [-0.39, 0.29) is 11.3 Å². The summed E-state index contributed by atoms with van der Waals surface area (Å²) in [5, 5.41) is 13.2. The van der Waals surface area contributed by atoms with Crippen LogP contribution >= 0.6 is 11.3 Å². The Morgan fingerprint density at radius 2 is 2.35 bits per heavy atom. The molecule has 1 atom stereocenters. The lowest BCUT2D eigenvalue weighted by molar-refractivity contribution is -0.100. The maximum Gasteiger partial charge on any atom is 0.272 e. The standard InChI is InChI=1S/C19H26N4O2S/c1-19(11-25-12-19)10-21-13-5-6-16-15(8-13)17(22-23(16)2)18(24)20-9-14-4-3-7-26-14/h3-4,7,13,21H,5-6,8-12H2,1-2H3,(H,20,24)/t13-/m1/s1. The lowest BCUT2D eigenvalue weighted by atomic mass is 9.86. The lowest BCUT2D eigenvalue weighted by Crippen LogP contribution is -2.50. The number of carbonyl (C=O) groups excluding carboxylic acids is 1. The van der Waals surface area contributed by atoms with E-state index in [0.717, 1.165) is 49.5 Å². The van der Waals surface area contributed by atoms with E-state index in [9.17, 15) is 4.79 Å². The Labute approximate surface area is 157 Å². The number of nitrogens with one attached hydrogen (secondary N) is 2. The number of aromatic nitrogens is 2. The van der Waals surface area contributed by atoms with Crippen molar-refractivity contribution < 1.29 is 9.53 Å². The molecular weight excluding hydrogens is 348 g/mol. The van der Waals surface area contributed by atoms with Crippen LogP contribution in [0.1, 0.15) is 40.0 Å². The molecule has 4 rings (SSSR count). The van der Waals surface area contributed by atoms with Gasteiger partial charge in [0, 0.05) is 41.2 Å². The Morgan fingerprint density at radius 1 is 1.50 bits per heavy atom. The zero-order valence-corrected chi connectivity index (χ0v) is 16.2. The van der Waals surface area contributed by atoms with Crippen LogP contribution in [-0.4, -0.2) is 41.5 Å². The molecule has 7 heteroatoms. The van der Waals surface area contributed by atoms with Gasteiger partial charge < -0.3 is 15.4 Å². The fourth-order valence-electron chi connectivity index (χ4n) is 3.75. The van der Waals surface area contributed by atoms with E-state index in [1.807, 2.05) is 29.2 Å². The molecule has 1 saturated heterocycles. The van der Waals surface area contributed by atoms with Crippen molar-refractivity contribution in [3.63, 3.8) is 0 Å². The largest absolute Gasteiger partial charge is 0.380 e. The smallest absolute Gasteiger partial charge is 0.272 e. The maximum atomic E-state index is 12.7. The zero-order chi connectivity index (χ0) is 18.1. The number of hydrogen-bond acceptors (Lipinski definition) is 5. The van der Waals surface area contributed by atoms with Crippen molar-refractivity contribution in [3.8, 4) is 0 Å². The normalized spacial score (nSPS) is 21.1. The quantitative estimate of drug-likeness (QED) is 0.810. The van der Waals surface area contributed by atoms with Crippen LogP contribution in [0.4, 0.5) is 0 Å². The number of ether oxygens (including phenoxy) is 1. The fourth-order valence-corrected chi connectivity index (χ4v) is 4.40. The Morgan fingerprint density at radius 3 is 3.04 bits per heavy atom. The topological polar surface area (TPSA) is 68.2 Å². The number of aryl methyl sites for hydroxylation is 1. The molecule has 2 N–H and O–H groups in total. The summed E-state index contributed by atoms with van der Waals surface area (Å²) in [7, 11) is 1.94. The van der Waals surface area contributed by atoms with Gasteiger partial charge in [0.1, 0.15) is 0 Å². The van der Waals surface area contributed by atoms with Gasteiger partial charge in [0.25, 0.3) is 5.91 Å². The van der Waals surface area contributed by atoms with Crippen LogP contribution in [0.5, 0.6) is 0 Å². The predicted molar refractivity (Wildman–Crippen MR) is 101 cm³/mol. The van der Waals surface area contributed by atoms with Crippen LogP contribution in [0.25, 0.3) is 0 Å². The Balaban J connectivity index is 1.42. The van der Waals surface area contributed by atoms with Gasteiger partial charge in [0.15, 0.2) is 5.69 Å². The number of carbonyl (C=O) groups is 1. The molecule has 0 aromatic carbocycles. The predicted octanol–water partition coefficient (Wildman–Crippen LogP) is 1.89. The molecule has 2 aromatic heterocycles. The lowest BCUT2D eigenvalue weighted by Gasteiger charge is -2.39. The summed E-state index contributed by atoms with van der Waals surface area (Å²) in [6.07, 6.45) is 2.91. The van der Waals surface area contributed by atoms with Crippen molar-refractivity contribution in [1.82, 2.24) is 20.4 Å². The first-order chi connectivity index (χ1) is 12.5. The van der Waals surface area contributed by atoms with Gasteiger partial charge in [-0.1, -0.05) is 13.0 Å². The highest BCUT2D eigenvalue weighted by molar-refractivity contribution is 7.09. The van der Waals surface area contributed by atoms with Gasteiger partial charge in [-0.25, -0.2) is 0 Å². The van der Waals surface area contributed by atoms with Gasteiger partial charge >= 0.3 is 0 Å². The molecule has 0 spiro atoms. The van der Waals surface area contributed by atoms with E-state index in [1.165, 1.54) is 5.69 Å². The van der Waals surface area contributed by atoms with E-state index < -0.39 is 0 Å². The molecule has 2 aliphatic rings. The molecule has 1 aliphatic carbocycles. The van der Waals surface area contributed by atoms with Crippen molar-refractivity contribution in [2.45, 2.75) is 38.8 Å². The molecular formula is C19H26N4O2S. The second-order valence-corrected chi connectivity index (χ2v) is 8.82. The van der Waals surface area contributed by atoms with Gasteiger partial charge in [-0.2, -0.15) is 5.10 Å². The van der Waals surface area contributed by atoms with Crippen molar-refractivity contribution in [2.24, 2.45) is 12.5 Å². The molecule has 0 saturated carbocycles. The molecule has 6 nitrogen and oxygen atoms in total. The maximum absolute atomic E-state index is 12.7. The Bertz CT molecular complexity index is 780. The van der Waals surface area contributed by atoms with Crippen LogP contribution in [0.15, 0.2) is 17.5 Å². The average Bonchev–Trinajstić information content (AvgIpc) is 3.24. The third kappa shape index (κ3) is 3.56. The first-order valence-electron chi connectivity index (χ1n) is 9.20. The first-order valence-corrected chi connectivity index (χ1v) is 10.1. The van der Waals surface area contributed by atoms with Crippen molar-refractivity contribution >= 4 is 17.2 Å². The summed E-state index contributed by atoms with van der Waals surface area (Å²) in [6.45, 7) is 5.45. The van der Waals surface area contributed by atoms with E-state index in [4.69, 9.17) is 4.74 Å². The molecule has 1 amide bonds. The van der Waals surface area contributed by atoms with Crippen LogP contribution in [-0.2, 0) is 31.2 Å². The molecule has 0 bridgehead atoms. The minimum Gasteiger partial charge on any atom is -0.380 e. The highest BCUT2D eigenvalue weighted by Crippen LogP contribution is 2.28. The van der Waals surface area contributed by atoms with Crippen molar-refractivity contribution in [3.05, 3.63) is 39.3 Å². The number of nitrogens with zero attached hydrogens (tertiary/aromatic N) is 2. The van der Waals surface area contributed by atoms with Gasteiger partial charge in [0.05, 0.1) is 19.8 Å². The second kappa shape index (κ2) is 7.13. The molecule has 26 heavy (non-hydrogen) atoms. The van der Waals surface area contributed by atoms with Crippen molar-refractivity contribution in [2.75, 3.05) is 19.8 Å². The fraction of sp³-hybridized carbons (Fsp3) is 0.579. The number of amides is 1. The van der Waals surface area contributed by atoms with E-state index in [2.05, 4.69) is 22.7 Å². The minimum atomic E-state index is -0.0738. The van der Waals surface area contributed by atoms with Crippen LogP contribution in [0.2, 0.25) is 0 Å². The van der Waals surface area contributed by atoms with Crippen LogP contribution < -0.4 is 10.6 Å². The summed E-state index contributed by atoms with van der Waals surface area (Å²) in [6, 6.07) is 4.43. The van der Waals surface area contributed by atoms with Gasteiger partial charge in [-0.05, 0) is 30.7 Å². The zero-order valence-electron chi connectivity index (χ0n) is 15.4. The number of thiophene rings is 1. The van der Waals surface area contributed by atoms with Crippen LogP contribution in [0, 0.1) is 5.41 Å². The monoisotopic (exact) mass is 374 g/mol. The average molecular weight is 375 g/mol. The molecule has 0 radical (unpaired) electrons. The number of hydrogen-bond donors (Lipinski definition) is 2. The van der Waals surface area contributed by atoms with E-state index in [0.29, 0.717) is 18.3 Å². The first kappa shape index (κ1) is 17.7. The highest BCUT2D eigenvalue weighted by atomic mass is 32.1. The summed E-state index contributed by atoms with van der Waals surface area (Å²) in [5.74, 6) is -0.0738. The molecule has 1 fully saturated rings. The van der Waals surface area contributed by atoms with Crippen molar-refractivity contribution in [1.29, 1.82) is 0 Å². The molecule has 140 valence electrons. The Hall–Kier alpha value is -1.70. The Kier molecular flexibility index (Phi) is 4.86. The minimum absolute atomic E-state index is 0.0738. The summed E-state index contributed by atoms with van der Waals surface area (Å²) >= 11 is 1.65. The summed E-state index contributed by atoms with van der Waals surface area (Å²) in [5.41, 5.74) is 3.15. The van der Waals surface area contributed by atoms with Gasteiger partial charge in [0.2, 0.25) is 0 Å². The number of fused-ring (bicyclic) bond motifs is 1. The third-order valence-electron chi connectivity index (χ3n) is 5.39. The SMILES string of the molecule is Cn1nc(C(=O)NCc2cccs2)c2c1CC[C@@H](NCC1(C)COC1)C2. The third-order valence-corrected chi connectivity index (χ3v) is 6.27. The highest BCUT2D eigenvalue weighted by Gasteiger charge is 2.35. The van der Waals surface area contributed by atoms with E-state index >= 15 is 0 Å². The molecule has 0 unspecified atom stereocenters. The van der Waals surface area contributed by atoms with E-state index in [1.54, 1.807) is 11.3 Å². The van der Waals surface area contributed by atoms with Gasteiger partial charge in [-0.15, -0.1) is 11.3 Å². The molecule has 1 aliphatic heterocycles. The molecule has 3 heterocycles. The van der Waals surface area contributed by atoms with Gasteiger partial charge in [-0.3, -0.25) is 9.48 Å². The second-order valence-electron chi connectivity index (χ2n) is 7.78. The number of rotatable bonds is 6. The summed E-state index contributed by atoms with van der Waals surface area (Å²) < 4.78 is 7.22.